The molecular formula is C16H10ClN2O4S-. The molecule has 0 aliphatic carbocycles. The number of aliphatic carboxylic acids is 1. The Morgan fingerprint density at radius 3 is 2.54 bits per heavy atom. The van der Waals surface area contributed by atoms with Crippen molar-refractivity contribution in [1.29, 1.82) is 0 Å². The fourth-order valence-electron chi connectivity index (χ4n) is 1.87. The van der Waals surface area contributed by atoms with Gasteiger partial charge >= 0.3 is 0 Å². The molecule has 0 saturated carbocycles. The number of carbonyl (C=O) groups excluding carboxylic acids is 1. The predicted octanol–water partition coefficient (Wildman–Crippen LogP) is 3.17. The molecule has 0 amide bonds. The van der Waals surface area contributed by atoms with Gasteiger partial charge in [-0.3, -0.25) is 0 Å². The van der Waals surface area contributed by atoms with E-state index in [4.69, 9.17) is 20.4 Å². The molecule has 0 radical (unpaired) electrons. The number of furan rings is 1. The van der Waals surface area contributed by atoms with E-state index in [9.17, 15) is 9.90 Å². The smallest absolute Gasteiger partial charge is 0.281 e. The van der Waals surface area contributed by atoms with Crippen molar-refractivity contribution >= 4 is 35.4 Å². The molecule has 0 bridgehead atoms. The topological polar surface area (TPSA) is 92.2 Å². The van der Waals surface area contributed by atoms with Crippen molar-refractivity contribution in [3.63, 3.8) is 0 Å². The Labute approximate surface area is 146 Å². The first kappa shape index (κ1) is 16.4. The van der Waals surface area contributed by atoms with E-state index in [1.807, 2.05) is 12.1 Å². The fraction of sp³-hybridized carbons (Fsp3) is 0.0625. The van der Waals surface area contributed by atoms with Crippen LogP contribution in [0.25, 0.3) is 17.4 Å². The Bertz CT molecular complexity index is 899. The number of carboxylic acid groups (broad SMARTS) is 1. The maximum Gasteiger partial charge on any atom is 0.281 e. The zero-order chi connectivity index (χ0) is 17.1. The molecule has 0 aliphatic rings. The summed E-state index contributed by atoms with van der Waals surface area (Å²) in [4.78, 5) is 11.2. The minimum atomic E-state index is -1.36. The lowest BCUT2D eigenvalue weighted by atomic mass is 10.2. The van der Waals surface area contributed by atoms with Gasteiger partial charge in [0.05, 0.1) is 5.97 Å². The average Bonchev–Trinajstić information content (AvgIpc) is 3.17. The number of aromatic nitrogens is 2. The number of hydrogen-bond acceptors (Lipinski definition) is 7. The largest absolute Gasteiger partial charge is 0.544 e. The molecular weight excluding hydrogens is 352 g/mol. The number of benzene rings is 1. The Morgan fingerprint density at radius 1 is 1.17 bits per heavy atom. The van der Waals surface area contributed by atoms with Gasteiger partial charge in [-0.1, -0.05) is 11.6 Å². The summed E-state index contributed by atoms with van der Waals surface area (Å²) < 4.78 is 10.8. The van der Waals surface area contributed by atoms with Crippen LogP contribution in [-0.4, -0.2) is 16.2 Å². The molecule has 0 atom stereocenters. The minimum Gasteiger partial charge on any atom is -0.544 e. The molecule has 2 aromatic heterocycles. The Kier molecular flexibility index (Phi) is 4.73. The van der Waals surface area contributed by atoms with E-state index in [0.29, 0.717) is 22.4 Å². The van der Waals surface area contributed by atoms with Crippen LogP contribution in [0.1, 0.15) is 11.7 Å². The standard InChI is InChI=1S/C16H11ClN2O4S/c1-9-18-19-16(22-9)24-14(15(20)21)8-12-6-7-13(23-12)10-2-4-11(17)5-3-10/h2-8H,1H3,(H,20,21)/p-1/b14-8+. The summed E-state index contributed by atoms with van der Waals surface area (Å²) in [6.07, 6.45) is 1.35. The predicted molar refractivity (Wildman–Crippen MR) is 87.0 cm³/mol. The first-order valence-electron chi connectivity index (χ1n) is 6.78. The number of nitrogens with zero attached hydrogens (tertiary/aromatic N) is 2. The lowest BCUT2D eigenvalue weighted by Gasteiger charge is -2.04. The van der Waals surface area contributed by atoms with Gasteiger partial charge in [-0.05, 0) is 54.2 Å². The molecule has 0 saturated heterocycles. The van der Waals surface area contributed by atoms with Crippen LogP contribution in [-0.2, 0) is 4.79 Å². The summed E-state index contributed by atoms with van der Waals surface area (Å²) in [5, 5.41) is 19.4. The van der Waals surface area contributed by atoms with E-state index >= 15 is 0 Å². The average molecular weight is 362 g/mol. The second-order valence-electron chi connectivity index (χ2n) is 4.69. The maximum absolute atomic E-state index is 11.3. The summed E-state index contributed by atoms with van der Waals surface area (Å²) in [6, 6.07) is 10.5. The SMILES string of the molecule is Cc1nnc(S/C(=C/c2ccc(-c3ccc(Cl)cc3)o2)C(=O)[O-])o1. The highest BCUT2D eigenvalue weighted by Crippen LogP contribution is 2.29. The third-order valence-electron chi connectivity index (χ3n) is 2.93. The molecule has 0 spiro atoms. The van der Waals surface area contributed by atoms with Crippen LogP contribution in [0.2, 0.25) is 5.02 Å². The Morgan fingerprint density at radius 2 is 1.92 bits per heavy atom. The van der Waals surface area contributed by atoms with Crippen molar-refractivity contribution in [2.24, 2.45) is 0 Å². The Balaban J connectivity index is 1.85. The number of carboxylic acids is 1. The molecule has 24 heavy (non-hydrogen) atoms. The second-order valence-corrected chi connectivity index (χ2v) is 6.12. The lowest BCUT2D eigenvalue weighted by molar-refractivity contribution is -0.298. The summed E-state index contributed by atoms with van der Waals surface area (Å²) in [5.41, 5.74) is 0.828. The van der Waals surface area contributed by atoms with E-state index < -0.39 is 5.97 Å². The van der Waals surface area contributed by atoms with Crippen LogP contribution in [0.5, 0.6) is 0 Å². The molecule has 0 aliphatic heterocycles. The number of aryl methyl sites for hydroxylation is 1. The fourth-order valence-corrected chi connectivity index (χ4v) is 2.69. The normalized spacial score (nSPS) is 11.7. The highest BCUT2D eigenvalue weighted by Gasteiger charge is 2.11. The van der Waals surface area contributed by atoms with Crippen molar-refractivity contribution in [2.45, 2.75) is 12.1 Å². The Hall–Kier alpha value is -2.51. The molecule has 3 rings (SSSR count). The molecule has 8 heteroatoms. The third kappa shape index (κ3) is 3.87. The number of carbonyl (C=O) groups is 1. The van der Waals surface area contributed by atoms with E-state index in [0.717, 1.165) is 17.3 Å². The highest BCUT2D eigenvalue weighted by atomic mass is 35.5. The molecule has 6 nitrogen and oxygen atoms in total. The van der Waals surface area contributed by atoms with Gasteiger partial charge in [0, 0.05) is 22.4 Å². The van der Waals surface area contributed by atoms with Gasteiger partial charge in [0.1, 0.15) is 11.5 Å². The number of thioether (sulfide) groups is 1. The summed E-state index contributed by atoms with van der Waals surface area (Å²) in [6.45, 7) is 1.62. The molecule has 0 fully saturated rings. The summed E-state index contributed by atoms with van der Waals surface area (Å²) in [7, 11) is 0. The van der Waals surface area contributed by atoms with Gasteiger partial charge < -0.3 is 18.7 Å². The first-order chi connectivity index (χ1) is 11.5. The monoisotopic (exact) mass is 361 g/mol. The highest BCUT2D eigenvalue weighted by molar-refractivity contribution is 8.03. The zero-order valence-electron chi connectivity index (χ0n) is 12.4. The van der Waals surface area contributed by atoms with Crippen molar-refractivity contribution in [1.82, 2.24) is 10.2 Å². The van der Waals surface area contributed by atoms with E-state index in [-0.39, 0.29) is 10.1 Å². The first-order valence-corrected chi connectivity index (χ1v) is 7.97. The van der Waals surface area contributed by atoms with Crippen LogP contribution >= 0.6 is 23.4 Å². The molecule has 2 heterocycles. The van der Waals surface area contributed by atoms with Crippen molar-refractivity contribution in [3.05, 3.63) is 58.0 Å². The maximum atomic E-state index is 11.3. The van der Waals surface area contributed by atoms with Crippen LogP contribution in [0, 0.1) is 6.92 Å². The van der Waals surface area contributed by atoms with Gasteiger partial charge in [-0.2, -0.15) is 0 Å². The quantitative estimate of drug-likeness (QED) is 0.509. The van der Waals surface area contributed by atoms with Crippen LogP contribution < -0.4 is 5.11 Å². The van der Waals surface area contributed by atoms with E-state index in [1.165, 1.54) is 6.08 Å². The van der Waals surface area contributed by atoms with Gasteiger partial charge in [0.25, 0.3) is 5.22 Å². The molecule has 122 valence electrons. The molecule has 1 aromatic carbocycles. The minimum absolute atomic E-state index is 0.101. The van der Waals surface area contributed by atoms with E-state index in [2.05, 4.69) is 10.2 Å². The van der Waals surface area contributed by atoms with E-state index in [1.54, 1.807) is 31.2 Å². The van der Waals surface area contributed by atoms with Crippen LogP contribution in [0.4, 0.5) is 0 Å². The zero-order valence-corrected chi connectivity index (χ0v) is 13.9. The van der Waals surface area contributed by atoms with Gasteiger partial charge in [0.15, 0.2) is 0 Å². The van der Waals surface area contributed by atoms with Crippen LogP contribution in [0.3, 0.4) is 0 Å². The number of hydrogen-bond donors (Lipinski definition) is 0. The van der Waals surface area contributed by atoms with Gasteiger partial charge in [-0.25, -0.2) is 0 Å². The molecule has 0 unspecified atom stereocenters. The van der Waals surface area contributed by atoms with Crippen molar-refractivity contribution < 1.29 is 18.7 Å². The lowest BCUT2D eigenvalue weighted by Crippen LogP contribution is -2.22. The molecule has 3 aromatic rings. The third-order valence-corrected chi connectivity index (χ3v) is 4.03. The summed E-state index contributed by atoms with van der Waals surface area (Å²) >= 11 is 6.65. The van der Waals surface area contributed by atoms with Gasteiger partial charge in [-0.15, -0.1) is 10.2 Å². The van der Waals surface area contributed by atoms with Crippen LogP contribution in [0.15, 0.2) is 55.4 Å². The van der Waals surface area contributed by atoms with Gasteiger partial charge in [0.2, 0.25) is 5.89 Å². The molecule has 0 N–H and O–H groups in total. The number of rotatable bonds is 5. The number of halogens is 1. The summed E-state index contributed by atoms with van der Waals surface area (Å²) in [5.74, 6) is -0.0596. The van der Waals surface area contributed by atoms with Crippen molar-refractivity contribution in [2.75, 3.05) is 0 Å². The van der Waals surface area contributed by atoms with Crippen molar-refractivity contribution in [3.8, 4) is 11.3 Å². The second kappa shape index (κ2) is 6.94.